The molecule has 0 heterocycles. The van der Waals surface area contributed by atoms with Crippen molar-refractivity contribution in [3.63, 3.8) is 0 Å². The van der Waals surface area contributed by atoms with E-state index >= 15 is 0 Å². The summed E-state index contributed by atoms with van der Waals surface area (Å²) in [5.41, 5.74) is 0. The van der Waals surface area contributed by atoms with Crippen LogP contribution in [0.2, 0.25) is 0 Å². The Kier molecular flexibility index (Phi) is 7.80. The van der Waals surface area contributed by atoms with Gasteiger partial charge in [-0.15, -0.1) is 0 Å². The predicted octanol–water partition coefficient (Wildman–Crippen LogP) is 0.923. The van der Waals surface area contributed by atoms with Crippen molar-refractivity contribution >= 4 is 21.2 Å². The van der Waals surface area contributed by atoms with E-state index in [0.29, 0.717) is 0 Å². The fraction of sp³-hybridized carbons (Fsp3) is 0.818. The molecule has 0 aliphatic heterocycles. The first-order valence-electron chi connectivity index (χ1n) is 5.99. The molecule has 6 nitrogen and oxygen atoms in total. The first-order valence-corrected chi connectivity index (χ1v) is 7.75. The minimum absolute atomic E-state index is 0.121. The molecule has 0 N–H and O–H groups in total. The van der Waals surface area contributed by atoms with Gasteiger partial charge in [0.25, 0.3) is 11.9 Å². The maximum absolute atomic E-state index is 10.9. The Labute approximate surface area is 110 Å². The highest BCUT2D eigenvalue weighted by molar-refractivity contribution is 6.48. The van der Waals surface area contributed by atoms with Gasteiger partial charge in [0.1, 0.15) is 6.23 Å². The second kappa shape index (κ2) is 8.23. The molecule has 0 saturated carbocycles. The van der Waals surface area contributed by atoms with Crippen LogP contribution in [-0.2, 0) is 23.3 Å². The SMILES string of the molecule is CC(=O)O[SiH](CON(C(C)C)C(C)C)OC(C)=O. The summed E-state index contributed by atoms with van der Waals surface area (Å²) in [6.45, 7) is 10.5. The van der Waals surface area contributed by atoms with Crippen LogP contribution >= 0.6 is 0 Å². The van der Waals surface area contributed by atoms with E-state index in [1.165, 1.54) is 13.8 Å². The van der Waals surface area contributed by atoms with Crippen LogP contribution < -0.4 is 0 Å². The minimum atomic E-state index is -2.45. The minimum Gasteiger partial charge on any atom is -0.486 e. The summed E-state index contributed by atoms with van der Waals surface area (Å²) < 4.78 is 9.95. The Hall–Kier alpha value is -0.923. The second-order valence-electron chi connectivity index (χ2n) is 4.49. The van der Waals surface area contributed by atoms with Crippen LogP contribution in [0.15, 0.2) is 0 Å². The number of nitrogens with zero attached hydrogens (tertiary/aromatic N) is 1. The molecule has 0 bridgehead atoms. The highest BCUT2D eigenvalue weighted by Gasteiger charge is 2.24. The number of hydrogen-bond donors (Lipinski definition) is 0. The quantitative estimate of drug-likeness (QED) is 0.509. The molecular formula is C11H23NO5Si. The third kappa shape index (κ3) is 7.41. The zero-order chi connectivity index (χ0) is 14.3. The molecule has 0 atom stereocenters. The van der Waals surface area contributed by atoms with Crippen molar-refractivity contribution < 1.29 is 23.3 Å². The van der Waals surface area contributed by atoms with Gasteiger partial charge in [-0.1, -0.05) is 0 Å². The number of carbonyl (C=O) groups excluding carboxylic acids is 2. The van der Waals surface area contributed by atoms with Gasteiger partial charge in [-0.3, -0.25) is 14.4 Å². The molecule has 0 amide bonds. The number of rotatable bonds is 7. The highest BCUT2D eigenvalue weighted by atomic mass is 28.3. The fourth-order valence-electron chi connectivity index (χ4n) is 1.50. The van der Waals surface area contributed by atoms with Crippen molar-refractivity contribution in [3.8, 4) is 0 Å². The molecule has 0 saturated heterocycles. The van der Waals surface area contributed by atoms with Gasteiger partial charge in [0.2, 0.25) is 0 Å². The van der Waals surface area contributed by atoms with Crippen molar-refractivity contribution in [3.05, 3.63) is 0 Å². The average molecular weight is 277 g/mol. The van der Waals surface area contributed by atoms with Gasteiger partial charge in [-0.25, -0.2) is 0 Å². The smallest absolute Gasteiger partial charge is 0.477 e. The lowest BCUT2D eigenvalue weighted by Crippen LogP contribution is -2.42. The van der Waals surface area contributed by atoms with Crippen molar-refractivity contribution in [1.82, 2.24) is 5.06 Å². The zero-order valence-corrected chi connectivity index (χ0v) is 13.1. The maximum atomic E-state index is 10.9. The van der Waals surface area contributed by atoms with Crippen LogP contribution in [0.3, 0.4) is 0 Å². The lowest BCUT2D eigenvalue weighted by molar-refractivity contribution is -0.190. The summed E-state index contributed by atoms with van der Waals surface area (Å²) in [7, 11) is -2.45. The average Bonchev–Trinajstić information content (AvgIpc) is 2.13. The molecule has 7 heteroatoms. The fourth-order valence-corrected chi connectivity index (χ4v) is 2.72. The normalized spacial score (nSPS) is 11.4. The molecule has 18 heavy (non-hydrogen) atoms. The summed E-state index contributed by atoms with van der Waals surface area (Å²) in [4.78, 5) is 27.4. The first-order chi connectivity index (χ1) is 8.23. The van der Waals surface area contributed by atoms with E-state index in [1.807, 2.05) is 27.7 Å². The molecule has 106 valence electrons. The summed E-state index contributed by atoms with van der Waals surface area (Å²) in [6, 6.07) is 0.378. The van der Waals surface area contributed by atoms with Crippen LogP contribution in [0.5, 0.6) is 0 Å². The zero-order valence-electron chi connectivity index (χ0n) is 11.9. The number of hydrogen-bond acceptors (Lipinski definition) is 6. The van der Waals surface area contributed by atoms with Gasteiger partial charge < -0.3 is 8.85 Å². The molecule has 0 aliphatic rings. The van der Waals surface area contributed by atoms with Crippen molar-refractivity contribution in [2.75, 3.05) is 6.23 Å². The van der Waals surface area contributed by atoms with E-state index in [-0.39, 0.29) is 18.3 Å². The van der Waals surface area contributed by atoms with Crippen LogP contribution in [0.4, 0.5) is 0 Å². The molecule has 0 aromatic carbocycles. The van der Waals surface area contributed by atoms with Crippen molar-refractivity contribution in [2.24, 2.45) is 0 Å². The monoisotopic (exact) mass is 277 g/mol. The first kappa shape index (κ1) is 17.1. The summed E-state index contributed by atoms with van der Waals surface area (Å²) in [5.74, 6) is -0.922. The van der Waals surface area contributed by atoms with E-state index in [0.717, 1.165) is 0 Å². The van der Waals surface area contributed by atoms with E-state index < -0.39 is 21.2 Å². The van der Waals surface area contributed by atoms with E-state index in [4.69, 9.17) is 13.7 Å². The van der Waals surface area contributed by atoms with Crippen molar-refractivity contribution in [2.45, 2.75) is 53.6 Å². The topological polar surface area (TPSA) is 65.1 Å². The third-order valence-electron chi connectivity index (χ3n) is 1.97. The molecular weight excluding hydrogens is 254 g/mol. The summed E-state index contributed by atoms with van der Waals surface area (Å²) in [5, 5.41) is 1.78. The van der Waals surface area contributed by atoms with Gasteiger partial charge in [0.05, 0.1) is 0 Å². The molecule has 0 aromatic rings. The van der Waals surface area contributed by atoms with Crippen LogP contribution in [0.1, 0.15) is 41.5 Å². The number of carbonyl (C=O) groups is 2. The predicted molar refractivity (Wildman–Crippen MR) is 68.7 cm³/mol. The third-order valence-corrected chi connectivity index (χ3v) is 3.58. The molecule has 0 aliphatic carbocycles. The van der Waals surface area contributed by atoms with Crippen LogP contribution in [0, 0.1) is 0 Å². The molecule has 0 unspecified atom stereocenters. The lowest BCUT2D eigenvalue weighted by Gasteiger charge is -2.30. The van der Waals surface area contributed by atoms with Gasteiger partial charge in [-0.2, -0.15) is 5.06 Å². The maximum Gasteiger partial charge on any atom is 0.477 e. The molecule has 0 aromatic heterocycles. The van der Waals surface area contributed by atoms with E-state index in [2.05, 4.69) is 0 Å². The van der Waals surface area contributed by atoms with Crippen LogP contribution in [-0.4, -0.2) is 44.6 Å². The van der Waals surface area contributed by atoms with E-state index in [9.17, 15) is 9.59 Å². The van der Waals surface area contributed by atoms with Gasteiger partial charge in [0.15, 0.2) is 0 Å². The molecule has 0 radical (unpaired) electrons. The Balaban J connectivity index is 4.38. The molecule has 0 fully saturated rings. The molecule has 0 spiro atoms. The summed E-state index contributed by atoms with van der Waals surface area (Å²) in [6.07, 6.45) is 0.121. The number of hydroxylamine groups is 2. The Morgan fingerprint density at radius 1 is 1.00 bits per heavy atom. The standard InChI is InChI=1S/C11H23NO5Si/c1-8(2)12(9(3)4)15-7-18(16-10(5)13)17-11(6)14/h8-9,18H,7H2,1-6H3. The Morgan fingerprint density at radius 2 is 1.39 bits per heavy atom. The van der Waals surface area contributed by atoms with Gasteiger partial charge in [0, 0.05) is 25.9 Å². The Morgan fingerprint density at radius 3 is 1.67 bits per heavy atom. The van der Waals surface area contributed by atoms with Crippen molar-refractivity contribution in [1.29, 1.82) is 0 Å². The van der Waals surface area contributed by atoms with E-state index in [1.54, 1.807) is 5.06 Å². The highest BCUT2D eigenvalue weighted by Crippen LogP contribution is 2.06. The summed E-state index contributed by atoms with van der Waals surface area (Å²) >= 11 is 0. The Bertz CT molecular complexity index is 259. The van der Waals surface area contributed by atoms with Gasteiger partial charge in [-0.05, 0) is 27.7 Å². The van der Waals surface area contributed by atoms with Crippen LogP contribution in [0.25, 0.3) is 0 Å². The lowest BCUT2D eigenvalue weighted by atomic mass is 10.3. The van der Waals surface area contributed by atoms with Gasteiger partial charge >= 0.3 is 9.28 Å². The second-order valence-corrected chi connectivity index (χ2v) is 6.16. The molecule has 0 rings (SSSR count). The largest absolute Gasteiger partial charge is 0.486 e.